The number of benzene rings is 1. The molecule has 0 spiro atoms. The van der Waals surface area contributed by atoms with Crippen LogP contribution in [0.3, 0.4) is 0 Å². The number of aromatic nitrogens is 2. The lowest BCUT2D eigenvalue weighted by Gasteiger charge is -2.16. The van der Waals surface area contributed by atoms with Gasteiger partial charge in [0.05, 0.1) is 11.7 Å². The first-order valence-corrected chi connectivity index (χ1v) is 5.97. The van der Waals surface area contributed by atoms with Crippen LogP contribution < -0.4 is 5.73 Å². The van der Waals surface area contributed by atoms with Crippen molar-refractivity contribution in [2.45, 2.75) is 13.0 Å². The molecule has 1 aromatic carbocycles. The van der Waals surface area contributed by atoms with Gasteiger partial charge in [-0.1, -0.05) is 28.1 Å². The third kappa shape index (κ3) is 2.33. The summed E-state index contributed by atoms with van der Waals surface area (Å²) in [6, 6.07) is 10.3. The van der Waals surface area contributed by atoms with Gasteiger partial charge in [-0.05, 0) is 30.7 Å². The van der Waals surface area contributed by atoms with Gasteiger partial charge in [0.15, 0.2) is 0 Å². The molecule has 0 fully saturated rings. The van der Waals surface area contributed by atoms with Crippen LogP contribution in [0.4, 0.5) is 0 Å². The standard InChI is InChI=1S/C12H14BrN3/c1-9-6-7-16(15-9)12(8-14)10-2-4-11(13)5-3-10/h2-7,12H,8,14H2,1H3. The van der Waals surface area contributed by atoms with E-state index in [-0.39, 0.29) is 6.04 Å². The molecule has 0 saturated heterocycles. The lowest BCUT2D eigenvalue weighted by molar-refractivity contribution is 0.529. The molecule has 0 bridgehead atoms. The lowest BCUT2D eigenvalue weighted by Crippen LogP contribution is -2.20. The highest BCUT2D eigenvalue weighted by molar-refractivity contribution is 9.10. The van der Waals surface area contributed by atoms with Gasteiger partial charge in [0, 0.05) is 17.2 Å². The first-order valence-electron chi connectivity index (χ1n) is 5.18. The van der Waals surface area contributed by atoms with Gasteiger partial charge < -0.3 is 5.73 Å². The van der Waals surface area contributed by atoms with Gasteiger partial charge in [-0.25, -0.2) is 0 Å². The fourth-order valence-electron chi connectivity index (χ4n) is 1.69. The molecule has 3 nitrogen and oxygen atoms in total. The van der Waals surface area contributed by atoms with E-state index in [1.165, 1.54) is 5.56 Å². The number of nitrogens with two attached hydrogens (primary N) is 1. The van der Waals surface area contributed by atoms with Gasteiger partial charge >= 0.3 is 0 Å². The van der Waals surface area contributed by atoms with Crippen LogP contribution in [0.15, 0.2) is 41.0 Å². The Bertz CT molecular complexity index is 461. The second-order valence-corrected chi connectivity index (χ2v) is 4.66. The van der Waals surface area contributed by atoms with Crippen molar-refractivity contribution in [2.75, 3.05) is 6.54 Å². The van der Waals surface area contributed by atoms with Crippen LogP contribution in [-0.2, 0) is 0 Å². The van der Waals surface area contributed by atoms with Crippen LogP contribution in [0, 0.1) is 6.92 Å². The Hall–Kier alpha value is -1.13. The van der Waals surface area contributed by atoms with E-state index in [0.717, 1.165) is 10.2 Å². The normalized spacial score (nSPS) is 12.7. The zero-order valence-electron chi connectivity index (χ0n) is 9.10. The fourth-order valence-corrected chi connectivity index (χ4v) is 1.95. The average molecular weight is 280 g/mol. The highest BCUT2D eigenvalue weighted by Gasteiger charge is 2.12. The van der Waals surface area contributed by atoms with Crippen molar-refractivity contribution in [3.63, 3.8) is 0 Å². The maximum Gasteiger partial charge on any atom is 0.0890 e. The first-order chi connectivity index (χ1) is 7.70. The van der Waals surface area contributed by atoms with E-state index in [0.29, 0.717) is 6.54 Å². The van der Waals surface area contributed by atoms with E-state index >= 15 is 0 Å². The summed E-state index contributed by atoms with van der Waals surface area (Å²) >= 11 is 3.42. The van der Waals surface area contributed by atoms with Gasteiger partial charge in [0.25, 0.3) is 0 Å². The van der Waals surface area contributed by atoms with Crippen molar-refractivity contribution in [1.29, 1.82) is 0 Å². The van der Waals surface area contributed by atoms with Crippen LogP contribution in [0.1, 0.15) is 17.3 Å². The molecule has 0 aliphatic rings. The molecule has 1 heterocycles. The second kappa shape index (κ2) is 4.80. The Morgan fingerprint density at radius 1 is 1.31 bits per heavy atom. The number of nitrogens with zero attached hydrogens (tertiary/aromatic N) is 2. The number of rotatable bonds is 3. The van der Waals surface area contributed by atoms with Crippen molar-refractivity contribution in [3.05, 3.63) is 52.3 Å². The molecule has 2 aromatic rings. The van der Waals surface area contributed by atoms with Crippen molar-refractivity contribution < 1.29 is 0 Å². The maximum absolute atomic E-state index is 5.81. The van der Waals surface area contributed by atoms with Crippen LogP contribution in [-0.4, -0.2) is 16.3 Å². The molecule has 0 aliphatic carbocycles. The van der Waals surface area contributed by atoms with Gasteiger partial charge in [-0.15, -0.1) is 0 Å². The second-order valence-electron chi connectivity index (χ2n) is 3.74. The van der Waals surface area contributed by atoms with Crippen molar-refractivity contribution >= 4 is 15.9 Å². The molecule has 1 aromatic heterocycles. The number of halogens is 1. The molecule has 84 valence electrons. The summed E-state index contributed by atoms with van der Waals surface area (Å²) in [6.45, 7) is 2.52. The van der Waals surface area contributed by atoms with Crippen molar-refractivity contribution in [3.8, 4) is 0 Å². The van der Waals surface area contributed by atoms with E-state index < -0.39 is 0 Å². The Labute approximate surface area is 103 Å². The zero-order valence-corrected chi connectivity index (χ0v) is 10.7. The third-order valence-corrected chi connectivity index (χ3v) is 3.07. The molecular formula is C12H14BrN3. The summed E-state index contributed by atoms with van der Waals surface area (Å²) < 4.78 is 2.99. The van der Waals surface area contributed by atoms with E-state index in [1.54, 1.807) is 0 Å². The quantitative estimate of drug-likeness (QED) is 0.938. The highest BCUT2D eigenvalue weighted by atomic mass is 79.9. The SMILES string of the molecule is Cc1ccn(C(CN)c2ccc(Br)cc2)n1. The fraction of sp³-hybridized carbons (Fsp3) is 0.250. The number of hydrogen-bond acceptors (Lipinski definition) is 2. The van der Waals surface area contributed by atoms with Crippen LogP contribution in [0.5, 0.6) is 0 Å². The first kappa shape index (κ1) is 11.4. The smallest absolute Gasteiger partial charge is 0.0890 e. The molecule has 1 atom stereocenters. The number of aryl methyl sites for hydroxylation is 1. The van der Waals surface area contributed by atoms with Crippen molar-refractivity contribution in [1.82, 2.24) is 9.78 Å². The molecule has 16 heavy (non-hydrogen) atoms. The molecular weight excluding hydrogens is 266 g/mol. The Kier molecular flexibility index (Phi) is 3.41. The van der Waals surface area contributed by atoms with E-state index in [9.17, 15) is 0 Å². The van der Waals surface area contributed by atoms with Gasteiger partial charge in [0.2, 0.25) is 0 Å². The van der Waals surface area contributed by atoms with Crippen LogP contribution in [0.25, 0.3) is 0 Å². The lowest BCUT2D eigenvalue weighted by atomic mass is 10.1. The summed E-state index contributed by atoms with van der Waals surface area (Å²) in [4.78, 5) is 0. The molecule has 0 amide bonds. The minimum absolute atomic E-state index is 0.113. The Morgan fingerprint density at radius 2 is 2.00 bits per heavy atom. The molecule has 2 N–H and O–H groups in total. The molecule has 0 radical (unpaired) electrons. The summed E-state index contributed by atoms with van der Waals surface area (Å²) in [5.41, 5.74) is 8.00. The Balaban J connectivity index is 2.32. The topological polar surface area (TPSA) is 43.8 Å². The summed E-state index contributed by atoms with van der Waals surface area (Å²) in [5, 5.41) is 4.41. The van der Waals surface area contributed by atoms with Gasteiger partial charge in [-0.2, -0.15) is 5.10 Å². The highest BCUT2D eigenvalue weighted by Crippen LogP contribution is 2.19. The van der Waals surface area contributed by atoms with Crippen molar-refractivity contribution in [2.24, 2.45) is 5.73 Å². The predicted octanol–water partition coefficient (Wildman–Crippen LogP) is 2.50. The monoisotopic (exact) mass is 279 g/mol. The molecule has 0 aliphatic heterocycles. The third-order valence-electron chi connectivity index (χ3n) is 2.54. The van der Waals surface area contributed by atoms with Crippen LogP contribution >= 0.6 is 15.9 Å². The molecule has 1 unspecified atom stereocenters. The number of hydrogen-bond donors (Lipinski definition) is 1. The summed E-state index contributed by atoms with van der Waals surface area (Å²) in [7, 11) is 0. The van der Waals surface area contributed by atoms with Gasteiger partial charge in [0.1, 0.15) is 0 Å². The van der Waals surface area contributed by atoms with Crippen LogP contribution in [0.2, 0.25) is 0 Å². The summed E-state index contributed by atoms with van der Waals surface area (Å²) in [6.07, 6.45) is 1.97. The zero-order chi connectivity index (χ0) is 11.5. The molecule has 4 heteroatoms. The maximum atomic E-state index is 5.81. The Morgan fingerprint density at radius 3 is 2.50 bits per heavy atom. The van der Waals surface area contributed by atoms with Gasteiger partial charge in [-0.3, -0.25) is 4.68 Å². The average Bonchev–Trinajstić information content (AvgIpc) is 2.69. The van der Waals surface area contributed by atoms with E-state index in [4.69, 9.17) is 5.73 Å². The van der Waals surface area contributed by atoms with E-state index in [1.807, 2.05) is 36.0 Å². The minimum Gasteiger partial charge on any atom is -0.328 e. The summed E-state index contributed by atoms with van der Waals surface area (Å²) in [5.74, 6) is 0. The largest absolute Gasteiger partial charge is 0.328 e. The minimum atomic E-state index is 0.113. The molecule has 2 rings (SSSR count). The molecule has 0 saturated carbocycles. The van der Waals surface area contributed by atoms with E-state index in [2.05, 4.69) is 33.2 Å². The predicted molar refractivity (Wildman–Crippen MR) is 68.3 cm³/mol.